The summed E-state index contributed by atoms with van der Waals surface area (Å²) in [4.78, 5) is 20.0. The number of hydrogen-bond donors (Lipinski definition) is 2. The number of carbonyl (C=O) groups excluding carboxylic acids is 1. The van der Waals surface area contributed by atoms with Crippen molar-refractivity contribution in [3.05, 3.63) is 64.9 Å². The molecule has 0 aliphatic rings. The highest BCUT2D eigenvalue weighted by Gasteiger charge is 2.19. The minimum Gasteiger partial charge on any atom is -0.367 e. The monoisotopic (exact) mass is 343 g/mol. The quantitative estimate of drug-likeness (QED) is 0.722. The summed E-state index contributed by atoms with van der Waals surface area (Å²) in [5, 5.41) is 3.55. The van der Waals surface area contributed by atoms with E-state index in [1.807, 2.05) is 42.5 Å². The molecule has 24 heavy (non-hydrogen) atoms. The maximum absolute atomic E-state index is 12.3. The van der Waals surface area contributed by atoms with Crippen LogP contribution in [-0.2, 0) is 16.0 Å². The normalized spacial score (nSPS) is 12.2. The first-order valence-electron chi connectivity index (χ1n) is 7.67. The number of fused-ring (bicyclic) bond motifs is 1. The Morgan fingerprint density at radius 2 is 2.08 bits per heavy atom. The molecular formula is C18H18ClN3O2. The second-order valence-corrected chi connectivity index (χ2v) is 5.85. The number of aromatic nitrogens is 2. The van der Waals surface area contributed by atoms with Crippen LogP contribution in [0.4, 0.5) is 0 Å². The molecule has 0 fully saturated rings. The molecule has 0 aliphatic carbocycles. The van der Waals surface area contributed by atoms with Crippen molar-refractivity contribution >= 4 is 28.5 Å². The molecule has 6 heteroatoms. The Morgan fingerprint density at radius 1 is 1.29 bits per heavy atom. The van der Waals surface area contributed by atoms with Gasteiger partial charge >= 0.3 is 0 Å². The molecule has 1 aromatic heterocycles. The number of aromatic amines is 1. The lowest BCUT2D eigenvalue weighted by Crippen LogP contribution is -2.32. The SMILES string of the molecule is CO[C@@H](C(=O)NCCc1nc2ccc(Cl)cc2[nH]1)c1ccccc1. The Hall–Kier alpha value is -2.37. The largest absolute Gasteiger partial charge is 0.367 e. The van der Waals surface area contributed by atoms with E-state index in [1.165, 1.54) is 7.11 Å². The molecule has 0 saturated heterocycles. The highest BCUT2D eigenvalue weighted by Crippen LogP contribution is 2.18. The fraction of sp³-hybridized carbons (Fsp3) is 0.222. The summed E-state index contributed by atoms with van der Waals surface area (Å²) in [6.45, 7) is 0.471. The first-order valence-corrected chi connectivity index (χ1v) is 8.05. The van der Waals surface area contributed by atoms with Crippen molar-refractivity contribution < 1.29 is 9.53 Å². The average molecular weight is 344 g/mol. The first kappa shape index (κ1) is 16.5. The second-order valence-electron chi connectivity index (χ2n) is 5.41. The number of benzene rings is 2. The zero-order valence-corrected chi connectivity index (χ0v) is 14.0. The molecule has 3 aromatic rings. The van der Waals surface area contributed by atoms with Crippen LogP contribution in [0.15, 0.2) is 48.5 Å². The number of H-pyrrole nitrogens is 1. The summed E-state index contributed by atoms with van der Waals surface area (Å²) in [7, 11) is 1.53. The van der Waals surface area contributed by atoms with E-state index >= 15 is 0 Å². The molecule has 3 rings (SSSR count). The standard InChI is InChI=1S/C18H18ClN3O2/c1-24-17(12-5-3-2-4-6-12)18(23)20-10-9-16-21-14-8-7-13(19)11-15(14)22-16/h2-8,11,17H,9-10H2,1H3,(H,20,23)(H,21,22)/t17-/m1/s1. The van der Waals surface area contributed by atoms with Gasteiger partial charge in [-0.25, -0.2) is 4.98 Å². The van der Waals surface area contributed by atoms with E-state index in [-0.39, 0.29) is 5.91 Å². The van der Waals surface area contributed by atoms with Crippen molar-refractivity contribution in [2.45, 2.75) is 12.5 Å². The summed E-state index contributed by atoms with van der Waals surface area (Å²) < 4.78 is 5.31. The molecule has 0 aliphatic heterocycles. The van der Waals surface area contributed by atoms with Crippen LogP contribution in [0, 0.1) is 0 Å². The zero-order chi connectivity index (χ0) is 16.9. The van der Waals surface area contributed by atoms with Gasteiger partial charge in [0.05, 0.1) is 11.0 Å². The summed E-state index contributed by atoms with van der Waals surface area (Å²) in [6.07, 6.45) is -0.0100. The Labute approximate surface area is 145 Å². The van der Waals surface area contributed by atoms with Crippen LogP contribution in [0.5, 0.6) is 0 Å². The fourth-order valence-electron chi connectivity index (χ4n) is 2.57. The lowest BCUT2D eigenvalue weighted by molar-refractivity contribution is -0.131. The van der Waals surface area contributed by atoms with Gasteiger partial charge in [0, 0.05) is 25.1 Å². The van der Waals surface area contributed by atoms with Gasteiger partial charge in [-0.15, -0.1) is 0 Å². The molecule has 2 N–H and O–H groups in total. The molecule has 0 bridgehead atoms. The Bertz CT molecular complexity index is 833. The highest BCUT2D eigenvalue weighted by molar-refractivity contribution is 6.31. The van der Waals surface area contributed by atoms with Gasteiger partial charge < -0.3 is 15.0 Å². The molecule has 2 aromatic carbocycles. The third-order valence-electron chi connectivity index (χ3n) is 3.73. The van der Waals surface area contributed by atoms with E-state index < -0.39 is 6.10 Å². The second kappa shape index (κ2) is 7.47. The summed E-state index contributed by atoms with van der Waals surface area (Å²) in [5.74, 6) is 0.643. The smallest absolute Gasteiger partial charge is 0.253 e. The van der Waals surface area contributed by atoms with E-state index in [1.54, 1.807) is 6.07 Å². The maximum atomic E-state index is 12.3. The van der Waals surface area contributed by atoms with Crippen LogP contribution in [0.25, 0.3) is 11.0 Å². The van der Waals surface area contributed by atoms with Crippen LogP contribution >= 0.6 is 11.6 Å². The minimum atomic E-state index is -0.610. The van der Waals surface area contributed by atoms with Crippen molar-refractivity contribution in [1.29, 1.82) is 0 Å². The Balaban J connectivity index is 1.59. The van der Waals surface area contributed by atoms with Gasteiger partial charge in [0.25, 0.3) is 5.91 Å². The lowest BCUT2D eigenvalue weighted by atomic mass is 10.1. The van der Waals surface area contributed by atoms with Crippen molar-refractivity contribution in [2.24, 2.45) is 0 Å². The number of halogens is 1. The predicted octanol–water partition coefficient (Wildman–Crippen LogP) is 3.26. The maximum Gasteiger partial charge on any atom is 0.253 e. The van der Waals surface area contributed by atoms with Crippen molar-refractivity contribution in [3.8, 4) is 0 Å². The van der Waals surface area contributed by atoms with Gasteiger partial charge in [0.2, 0.25) is 0 Å². The predicted molar refractivity (Wildman–Crippen MR) is 94.0 cm³/mol. The number of nitrogens with zero attached hydrogens (tertiary/aromatic N) is 1. The van der Waals surface area contributed by atoms with Crippen molar-refractivity contribution in [1.82, 2.24) is 15.3 Å². The van der Waals surface area contributed by atoms with E-state index in [9.17, 15) is 4.79 Å². The number of nitrogens with one attached hydrogen (secondary N) is 2. The van der Waals surface area contributed by atoms with Crippen LogP contribution in [0.3, 0.4) is 0 Å². The number of rotatable bonds is 6. The number of amides is 1. The van der Waals surface area contributed by atoms with E-state index in [0.29, 0.717) is 18.0 Å². The average Bonchev–Trinajstić information content (AvgIpc) is 2.98. The topological polar surface area (TPSA) is 67.0 Å². The van der Waals surface area contributed by atoms with Crippen LogP contribution in [-0.4, -0.2) is 29.5 Å². The highest BCUT2D eigenvalue weighted by atomic mass is 35.5. The Morgan fingerprint density at radius 3 is 2.83 bits per heavy atom. The molecule has 0 saturated carbocycles. The van der Waals surface area contributed by atoms with Gasteiger partial charge in [0.1, 0.15) is 5.82 Å². The molecule has 1 amide bonds. The fourth-order valence-corrected chi connectivity index (χ4v) is 2.74. The number of methoxy groups -OCH3 is 1. The van der Waals surface area contributed by atoms with Crippen molar-refractivity contribution in [2.75, 3.05) is 13.7 Å². The van der Waals surface area contributed by atoms with E-state index in [4.69, 9.17) is 16.3 Å². The summed E-state index contributed by atoms with van der Waals surface area (Å²) in [6, 6.07) is 14.9. The third-order valence-corrected chi connectivity index (χ3v) is 3.97. The molecule has 0 unspecified atom stereocenters. The number of ether oxygens (including phenoxy) is 1. The Kier molecular flexibility index (Phi) is 5.13. The van der Waals surface area contributed by atoms with Gasteiger partial charge in [0.15, 0.2) is 6.10 Å². The number of hydrogen-bond acceptors (Lipinski definition) is 3. The summed E-state index contributed by atoms with van der Waals surface area (Å²) >= 11 is 5.96. The molecule has 5 nitrogen and oxygen atoms in total. The molecule has 124 valence electrons. The van der Waals surface area contributed by atoms with Crippen LogP contribution in [0.1, 0.15) is 17.5 Å². The zero-order valence-electron chi connectivity index (χ0n) is 13.3. The minimum absolute atomic E-state index is 0.164. The summed E-state index contributed by atoms with van der Waals surface area (Å²) in [5.41, 5.74) is 2.58. The number of carbonyl (C=O) groups is 1. The third kappa shape index (κ3) is 3.75. The van der Waals surface area contributed by atoms with Crippen LogP contribution < -0.4 is 5.32 Å². The van der Waals surface area contributed by atoms with Crippen LogP contribution in [0.2, 0.25) is 5.02 Å². The van der Waals surface area contributed by atoms with E-state index in [2.05, 4.69) is 15.3 Å². The van der Waals surface area contributed by atoms with Gasteiger partial charge in [-0.2, -0.15) is 0 Å². The first-order chi connectivity index (χ1) is 11.7. The molecular weight excluding hydrogens is 326 g/mol. The number of imidazole rings is 1. The van der Waals surface area contributed by atoms with Gasteiger partial charge in [-0.05, 0) is 23.8 Å². The van der Waals surface area contributed by atoms with Gasteiger partial charge in [-0.1, -0.05) is 41.9 Å². The van der Waals surface area contributed by atoms with E-state index in [0.717, 1.165) is 22.4 Å². The molecule has 1 atom stereocenters. The molecule has 0 spiro atoms. The lowest BCUT2D eigenvalue weighted by Gasteiger charge is -2.15. The molecule has 0 radical (unpaired) electrons. The van der Waals surface area contributed by atoms with Gasteiger partial charge in [-0.3, -0.25) is 4.79 Å². The van der Waals surface area contributed by atoms with Crippen molar-refractivity contribution in [3.63, 3.8) is 0 Å². The molecule has 1 heterocycles.